The first-order chi connectivity index (χ1) is 13.1. The predicted octanol–water partition coefficient (Wildman–Crippen LogP) is 2.75. The Morgan fingerprint density at radius 1 is 1.22 bits per heavy atom. The number of aromatic nitrogens is 2. The number of esters is 1. The molecule has 1 aromatic heterocycles. The van der Waals surface area contributed by atoms with Crippen molar-refractivity contribution in [2.24, 2.45) is 0 Å². The number of aromatic amines is 1. The van der Waals surface area contributed by atoms with Gasteiger partial charge in [-0.25, -0.2) is 4.79 Å². The number of nitrogens with zero attached hydrogens (tertiary/aromatic N) is 1. The van der Waals surface area contributed by atoms with Crippen LogP contribution in [0.25, 0.3) is 10.9 Å². The Balaban J connectivity index is 1.43. The summed E-state index contributed by atoms with van der Waals surface area (Å²) in [5.74, 6) is -0.228. The number of ether oxygens (including phenoxy) is 2. The van der Waals surface area contributed by atoms with Crippen molar-refractivity contribution in [3.05, 3.63) is 59.8 Å². The van der Waals surface area contributed by atoms with Crippen LogP contribution in [0.4, 0.5) is 0 Å². The molecule has 0 unspecified atom stereocenters. The maximum Gasteiger partial charge on any atom is 0.360 e. The number of H-pyrrole nitrogens is 1. The van der Waals surface area contributed by atoms with Crippen molar-refractivity contribution in [1.82, 2.24) is 15.5 Å². The average Bonchev–Trinajstić information content (AvgIpc) is 3.12. The van der Waals surface area contributed by atoms with E-state index >= 15 is 0 Å². The zero-order valence-corrected chi connectivity index (χ0v) is 14.8. The van der Waals surface area contributed by atoms with Gasteiger partial charge in [-0.05, 0) is 19.1 Å². The van der Waals surface area contributed by atoms with Gasteiger partial charge in [0.1, 0.15) is 5.75 Å². The summed E-state index contributed by atoms with van der Waals surface area (Å²) in [5.41, 5.74) is 1.83. The van der Waals surface area contributed by atoms with Crippen molar-refractivity contribution in [1.29, 1.82) is 0 Å². The molecule has 138 valence electrons. The maximum absolute atomic E-state index is 12.5. The standard InChI is InChI=1S/C20H19N3O4/c1-12(27-20(25)18-14-7-2-4-8-16(14)22-23-18)19(24)21-15-10-11-26-17-9-5-3-6-13(15)17/h2-9,12,15H,10-11H2,1H3,(H,21,24)(H,22,23)/t12-,15-/m0/s1. The SMILES string of the molecule is C[C@H](OC(=O)c1n[nH]c2ccccc12)C(=O)N[C@H]1CCOc2ccccc21. The van der Waals surface area contributed by atoms with E-state index in [1.54, 1.807) is 13.0 Å². The Bertz CT molecular complexity index is 998. The number of benzene rings is 2. The summed E-state index contributed by atoms with van der Waals surface area (Å²) >= 11 is 0. The molecule has 7 heteroatoms. The smallest absolute Gasteiger partial charge is 0.360 e. The van der Waals surface area contributed by atoms with Gasteiger partial charge in [0.15, 0.2) is 11.8 Å². The number of carbonyl (C=O) groups is 2. The molecule has 2 heterocycles. The van der Waals surface area contributed by atoms with Crippen LogP contribution in [0.1, 0.15) is 35.4 Å². The fraction of sp³-hybridized carbons (Fsp3) is 0.250. The molecule has 0 spiro atoms. The molecule has 3 aromatic rings. The number of hydrogen-bond donors (Lipinski definition) is 2. The van der Waals surface area contributed by atoms with Crippen molar-refractivity contribution in [2.75, 3.05) is 6.61 Å². The average molecular weight is 365 g/mol. The number of carbonyl (C=O) groups excluding carboxylic acids is 2. The minimum atomic E-state index is -0.942. The van der Waals surface area contributed by atoms with Gasteiger partial charge in [-0.1, -0.05) is 36.4 Å². The van der Waals surface area contributed by atoms with E-state index in [9.17, 15) is 9.59 Å². The van der Waals surface area contributed by atoms with Gasteiger partial charge < -0.3 is 14.8 Å². The van der Waals surface area contributed by atoms with Crippen molar-refractivity contribution in [3.63, 3.8) is 0 Å². The summed E-state index contributed by atoms with van der Waals surface area (Å²) in [5, 5.41) is 10.4. The van der Waals surface area contributed by atoms with E-state index in [0.717, 1.165) is 16.8 Å². The molecule has 0 saturated heterocycles. The summed E-state index contributed by atoms with van der Waals surface area (Å²) in [7, 11) is 0. The van der Waals surface area contributed by atoms with Gasteiger partial charge in [-0.15, -0.1) is 0 Å². The van der Waals surface area contributed by atoms with Crippen molar-refractivity contribution in [2.45, 2.75) is 25.5 Å². The molecule has 2 aromatic carbocycles. The number of para-hydroxylation sites is 2. The third-order valence-electron chi connectivity index (χ3n) is 4.59. The lowest BCUT2D eigenvalue weighted by Crippen LogP contribution is -2.39. The summed E-state index contributed by atoms with van der Waals surface area (Å²) < 4.78 is 10.9. The highest BCUT2D eigenvalue weighted by molar-refractivity contribution is 6.02. The van der Waals surface area contributed by atoms with Gasteiger partial charge in [0, 0.05) is 17.4 Å². The quantitative estimate of drug-likeness (QED) is 0.694. The lowest BCUT2D eigenvalue weighted by atomic mass is 10.0. The highest BCUT2D eigenvalue weighted by Gasteiger charge is 2.27. The van der Waals surface area contributed by atoms with E-state index < -0.39 is 12.1 Å². The van der Waals surface area contributed by atoms with E-state index in [1.807, 2.05) is 42.5 Å². The molecule has 1 aliphatic rings. The molecular weight excluding hydrogens is 346 g/mol. The van der Waals surface area contributed by atoms with Crippen LogP contribution < -0.4 is 10.1 Å². The van der Waals surface area contributed by atoms with Crippen LogP contribution >= 0.6 is 0 Å². The monoisotopic (exact) mass is 365 g/mol. The molecular formula is C20H19N3O4. The fourth-order valence-corrected chi connectivity index (χ4v) is 3.17. The molecule has 0 bridgehead atoms. The fourth-order valence-electron chi connectivity index (χ4n) is 3.17. The van der Waals surface area contributed by atoms with E-state index in [-0.39, 0.29) is 17.6 Å². The minimum absolute atomic E-state index is 0.168. The van der Waals surface area contributed by atoms with Gasteiger partial charge in [-0.3, -0.25) is 9.89 Å². The zero-order valence-electron chi connectivity index (χ0n) is 14.8. The van der Waals surface area contributed by atoms with Gasteiger partial charge in [0.2, 0.25) is 0 Å². The first-order valence-electron chi connectivity index (χ1n) is 8.79. The Hall–Kier alpha value is -3.35. The van der Waals surface area contributed by atoms with Crippen LogP contribution in [-0.4, -0.2) is 34.8 Å². The van der Waals surface area contributed by atoms with Crippen LogP contribution in [0.5, 0.6) is 5.75 Å². The van der Waals surface area contributed by atoms with Crippen LogP contribution in [0.15, 0.2) is 48.5 Å². The van der Waals surface area contributed by atoms with Crippen LogP contribution in [-0.2, 0) is 9.53 Å². The topological polar surface area (TPSA) is 93.3 Å². The number of rotatable bonds is 4. The van der Waals surface area contributed by atoms with E-state index in [4.69, 9.17) is 9.47 Å². The Morgan fingerprint density at radius 3 is 2.89 bits per heavy atom. The van der Waals surface area contributed by atoms with E-state index in [0.29, 0.717) is 18.4 Å². The summed E-state index contributed by atoms with van der Waals surface area (Å²) in [4.78, 5) is 25.0. The van der Waals surface area contributed by atoms with Gasteiger partial charge in [0.25, 0.3) is 5.91 Å². The van der Waals surface area contributed by atoms with Gasteiger partial charge >= 0.3 is 5.97 Å². The summed E-state index contributed by atoms with van der Waals surface area (Å²) in [6, 6.07) is 14.7. The normalized spacial score (nSPS) is 16.9. The lowest BCUT2D eigenvalue weighted by molar-refractivity contribution is -0.130. The molecule has 2 N–H and O–H groups in total. The first kappa shape index (κ1) is 17.1. The van der Waals surface area contributed by atoms with Crippen molar-refractivity contribution >= 4 is 22.8 Å². The molecule has 0 radical (unpaired) electrons. The van der Waals surface area contributed by atoms with Crippen molar-refractivity contribution in [3.8, 4) is 5.75 Å². The first-order valence-corrected chi connectivity index (χ1v) is 8.79. The summed E-state index contributed by atoms with van der Waals surface area (Å²) in [6.45, 7) is 2.07. The molecule has 4 rings (SSSR count). The number of hydrogen-bond acceptors (Lipinski definition) is 5. The highest BCUT2D eigenvalue weighted by Crippen LogP contribution is 2.31. The third kappa shape index (κ3) is 3.36. The van der Waals surface area contributed by atoms with Crippen molar-refractivity contribution < 1.29 is 19.1 Å². The molecule has 0 fully saturated rings. The highest BCUT2D eigenvalue weighted by atomic mass is 16.5. The number of fused-ring (bicyclic) bond motifs is 2. The van der Waals surface area contributed by atoms with E-state index in [2.05, 4.69) is 15.5 Å². The molecule has 1 aliphatic heterocycles. The molecule has 0 saturated carbocycles. The molecule has 27 heavy (non-hydrogen) atoms. The van der Waals surface area contributed by atoms with Crippen LogP contribution in [0, 0.1) is 0 Å². The minimum Gasteiger partial charge on any atom is -0.493 e. The molecule has 0 aliphatic carbocycles. The largest absolute Gasteiger partial charge is 0.493 e. The third-order valence-corrected chi connectivity index (χ3v) is 4.59. The molecule has 2 atom stereocenters. The van der Waals surface area contributed by atoms with Crippen LogP contribution in [0.3, 0.4) is 0 Å². The second-order valence-electron chi connectivity index (χ2n) is 6.40. The Labute approximate surface area is 155 Å². The Kier molecular flexibility index (Phi) is 4.50. The maximum atomic E-state index is 12.5. The predicted molar refractivity (Wildman–Crippen MR) is 98.4 cm³/mol. The van der Waals surface area contributed by atoms with E-state index in [1.165, 1.54) is 0 Å². The number of nitrogens with one attached hydrogen (secondary N) is 2. The lowest BCUT2D eigenvalue weighted by Gasteiger charge is -2.27. The second-order valence-corrected chi connectivity index (χ2v) is 6.40. The molecule has 7 nitrogen and oxygen atoms in total. The Morgan fingerprint density at radius 2 is 2.00 bits per heavy atom. The summed E-state index contributed by atoms with van der Waals surface area (Å²) in [6.07, 6.45) is -0.282. The van der Waals surface area contributed by atoms with Gasteiger partial charge in [-0.2, -0.15) is 5.10 Å². The van der Waals surface area contributed by atoms with Gasteiger partial charge in [0.05, 0.1) is 18.2 Å². The van der Waals surface area contributed by atoms with Crippen LogP contribution in [0.2, 0.25) is 0 Å². The zero-order chi connectivity index (χ0) is 18.8. The number of amides is 1. The second kappa shape index (κ2) is 7.11. The molecule has 1 amide bonds.